The van der Waals surface area contributed by atoms with Gasteiger partial charge in [-0.1, -0.05) is 39.5 Å². The van der Waals surface area contributed by atoms with Gasteiger partial charge in [-0.2, -0.15) is 0 Å². The maximum absolute atomic E-state index is 12.6. The molecule has 1 saturated heterocycles. The van der Waals surface area contributed by atoms with E-state index in [4.69, 9.17) is 0 Å². The summed E-state index contributed by atoms with van der Waals surface area (Å²) < 4.78 is 0. The van der Waals surface area contributed by atoms with Gasteiger partial charge in [-0.25, -0.2) is 0 Å². The zero-order chi connectivity index (χ0) is 15.5. The van der Waals surface area contributed by atoms with E-state index in [9.17, 15) is 14.7 Å². The van der Waals surface area contributed by atoms with Crippen LogP contribution < -0.4 is 0 Å². The normalized spacial score (nSPS) is 29.7. The van der Waals surface area contributed by atoms with E-state index in [0.717, 1.165) is 45.2 Å². The molecule has 1 aliphatic heterocycles. The Balaban J connectivity index is 2.05. The van der Waals surface area contributed by atoms with Gasteiger partial charge >= 0.3 is 5.97 Å². The minimum Gasteiger partial charge on any atom is -0.481 e. The Labute approximate surface area is 127 Å². The summed E-state index contributed by atoms with van der Waals surface area (Å²) in [6.07, 6.45) is 6.75. The monoisotopic (exact) mass is 295 g/mol. The Morgan fingerprint density at radius 3 is 2.05 bits per heavy atom. The Morgan fingerprint density at radius 2 is 1.57 bits per heavy atom. The van der Waals surface area contributed by atoms with Gasteiger partial charge in [0, 0.05) is 19.5 Å². The SMILES string of the molecule is CC1CC(C)CN(C(=O)CC2(C(=O)O)CCCCCC2)C1. The molecule has 2 atom stereocenters. The van der Waals surface area contributed by atoms with E-state index >= 15 is 0 Å². The van der Waals surface area contributed by atoms with Gasteiger partial charge in [0.05, 0.1) is 5.41 Å². The smallest absolute Gasteiger partial charge is 0.310 e. The lowest BCUT2D eigenvalue weighted by molar-refractivity contribution is -0.155. The van der Waals surface area contributed by atoms with Crippen LogP contribution >= 0.6 is 0 Å². The van der Waals surface area contributed by atoms with Crippen LogP contribution in [0.1, 0.15) is 65.2 Å². The number of aliphatic carboxylic acids is 1. The molecule has 2 aliphatic rings. The van der Waals surface area contributed by atoms with Crippen molar-refractivity contribution in [3.63, 3.8) is 0 Å². The number of rotatable bonds is 3. The van der Waals surface area contributed by atoms with Crippen LogP contribution in [0.3, 0.4) is 0 Å². The summed E-state index contributed by atoms with van der Waals surface area (Å²) in [5.74, 6) is 0.328. The van der Waals surface area contributed by atoms with E-state index in [1.165, 1.54) is 0 Å². The lowest BCUT2D eigenvalue weighted by Gasteiger charge is -2.37. The average Bonchev–Trinajstić information content (AvgIpc) is 2.64. The van der Waals surface area contributed by atoms with Gasteiger partial charge in [-0.3, -0.25) is 9.59 Å². The summed E-state index contributed by atoms with van der Waals surface area (Å²) in [6, 6.07) is 0. The van der Waals surface area contributed by atoms with Crippen molar-refractivity contribution in [3.8, 4) is 0 Å². The van der Waals surface area contributed by atoms with E-state index in [1.807, 2.05) is 4.90 Å². The summed E-state index contributed by atoms with van der Waals surface area (Å²) >= 11 is 0. The van der Waals surface area contributed by atoms with Crippen LogP contribution in [0.4, 0.5) is 0 Å². The lowest BCUT2D eigenvalue weighted by atomic mass is 9.76. The molecule has 4 nitrogen and oxygen atoms in total. The van der Waals surface area contributed by atoms with Crippen LogP contribution in [0.25, 0.3) is 0 Å². The number of carbonyl (C=O) groups is 2. The van der Waals surface area contributed by atoms with Crippen molar-refractivity contribution in [2.75, 3.05) is 13.1 Å². The summed E-state index contributed by atoms with van der Waals surface area (Å²) in [6.45, 7) is 5.93. The van der Waals surface area contributed by atoms with Crippen molar-refractivity contribution < 1.29 is 14.7 Å². The first-order valence-corrected chi connectivity index (χ1v) is 8.44. The molecule has 0 spiro atoms. The van der Waals surface area contributed by atoms with Gasteiger partial charge in [0.25, 0.3) is 0 Å². The van der Waals surface area contributed by atoms with E-state index < -0.39 is 11.4 Å². The van der Waals surface area contributed by atoms with Crippen molar-refractivity contribution in [2.24, 2.45) is 17.3 Å². The highest BCUT2D eigenvalue weighted by Gasteiger charge is 2.42. The standard InChI is InChI=1S/C17H29NO3/c1-13-9-14(2)12-18(11-13)15(19)10-17(16(20)21)7-5-3-4-6-8-17/h13-14H,3-12H2,1-2H3,(H,20,21). The molecule has 1 saturated carbocycles. The van der Waals surface area contributed by atoms with Crippen molar-refractivity contribution in [2.45, 2.75) is 65.2 Å². The first kappa shape index (κ1) is 16.3. The summed E-state index contributed by atoms with van der Waals surface area (Å²) in [7, 11) is 0. The molecular weight excluding hydrogens is 266 g/mol. The average molecular weight is 295 g/mol. The molecule has 0 aromatic rings. The molecule has 2 fully saturated rings. The first-order chi connectivity index (χ1) is 9.93. The predicted molar refractivity (Wildman–Crippen MR) is 81.9 cm³/mol. The fourth-order valence-corrected chi connectivity index (χ4v) is 4.14. The van der Waals surface area contributed by atoms with E-state index in [-0.39, 0.29) is 12.3 Å². The number of hydrogen-bond acceptors (Lipinski definition) is 2. The molecule has 1 amide bonds. The van der Waals surface area contributed by atoms with Gasteiger partial charge in [0.1, 0.15) is 0 Å². The lowest BCUT2D eigenvalue weighted by Crippen LogP contribution is -2.45. The van der Waals surface area contributed by atoms with Gasteiger partial charge in [0.15, 0.2) is 0 Å². The number of likely N-dealkylation sites (tertiary alicyclic amines) is 1. The molecule has 21 heavy (non-hydrogen) atoms. The van der Waals surface area contributed by atoms with Gasteiger partial charge < -0.3 is 10.0 Å². The second kappa shape index (κ2) is 6.80. The first-order valence-electron chi connectivity index (χ1n) is 8.44. The maximum Gasteiger partial charge on any atom is 0.310 e. The largest absolute Gasteiger partial charge is 0.481 e. The predicted octanol–water partition coefficient (Wildman–Crippen LogP) is 3.31. The van der Waals surface area contributed by atoms with Crippen LogP contribution in [-0.2, 0) is 9.59 Å². The number of amides is 1. The Morgan fingerprint density at radius 1 is 1.05 bits per heavy atom. The molecule has 4 heteroatoms. The number of carboxylic acid groups (broad SMARTS) is 1. The topological polar surface area (TPSA) is 57.6 Å². The number of piperidine rings is 1. The Kier molecular flexibility index (Phi) is 5.28. The van der Waals surface area contributed by atoms with Crippen molar-refractivity contribution in [1.29, 1.82) is 0 Å². The Hall–Kier alpha value is -1.06. The van der Waals surface area contributed by atoms with Crippen molar-refractivity contribution in [1.82, 2.24) is 4.90 Å². The molecule has 2 unspecified atom stereocenters. The van der Waals surface area contributed by atoms with Crippen molar-refractivity contribution in [3.05, 3.63) is 0 Å². The zero-order valence-corrected chi connectivity index (χ0v) is 13.4. The molecule has 1 N–H and O–H groups in total. The Bertz CT molecular complexity index is 375. The quantitative estimate of drug-likeness (QED) is 0.813. The molecular formula is C17H29NO3. The van der Waals surface area contributed by atoms with Crippen LogP contribution in [-0.4, -0.2) is 35.0 Å². The van der Waals surface area contributed by atoms with Gasteiger partial charge in [-0.05, 0) is 31.1 Å². The van der Waals surface area contributed by atoms with Crippen LogP contribution in [0, 0.1) is 17.3 Å². The highest BCUT2D eigenvalue weighted by molar-refractivity contribution is 5.85. The van der Waals surface area contributed by atoms with Crippen LogP contribution in [0.2, 0.25) is 0 Å². The van der Waals surface area contributed by atoms with E-state index in [2.05, 4.69) is 13.8 Å². The molecule has 2 rings (SSSR count). The number of hydrogen-bond donors (Lipinski definition) is 1. The fourth-order valence-electron chi connectivity index (χ4n) is 4.14. The van der Waals surface area contributed by atoms with E-state index in [0.29, 0.717) is 24.7 Å². The van der Waals surface area contributed by atoms with Gasteiger partial charge in [-0.15, -0.1) is 0 Å². The maximum atomic E-state index is 12.6. The molecule has 1 heterocycles. The zero-order valence-electron chi connectivity index (χ0n) is 13.4. The fraction of sp³-hybridized carbons (Fsp3) is 0.882. The van der Waals surface area contributed by atoms with Crippen LogP contribution in [0.15, 0.2) is 0 Å². The third kappa shape index (κ3) is 3.98. The second-order valence-corrected chi connectivity index (χ2v) is 7.42. The molecule has 0 bridgehead atoms. The number of nitrogens with zero attached hydrogens (tertiary/aromatic N) is 1. The van der Waals surface area contributed by atoms with E-state index in [1.54, 1.807) is 0 Å². The number of carboxylic acids is 1. The minimum atomic E-state index is -0.808. The summed E-state index contributed by atoms with van der Waals surface area (Å²) in [5, 5.41) is 9.69. The molecule has 0 aromatic carbocycles. The van der Waals surface area contributed by atoms with Crippen LogP contribution in [0.5, 0.6) is 0 Å². The second-order valence-electron chi connectivity index (χ2n) is 7.42. The molecule has 0 radical (unpaired) electrons. The van der Waals surface area contributed by atoms with Crippen molar-refractivity contribution >= 4 is 11.9 Å². The summed E-state index contributed by atoms with van der Waals surface area (Å²) in [4.78, 5) is 26.4. The highest BCUT2D eigenvalue weighted by Crippen LogP contribution is 2.39. The number of carbonyl (C=O) groups excluding carboxylic acids is 1. The third-order valence-electron chi connectivity index (χ3n) is 5.23. The molecule has 120 valence electrons. The summed E-state index contributed by atoms with van der Waals surface area (Å²) in [5.41, 5.74) is -0.808. The minimum absolute atomic E-state index is 0.0534. The molecule has 1 aliphatic carbocycles. The highest BCUT2D eigenvalue weighted by atomic mass is 16.4. The molecule has 0 aromatic heterocycles. The van der Waals surface area contributed by atoms with Gasteiger partial charge in [0.2, 0.25) is 5.91 Å². The third-order valence-corrected chi connectivity index (χ3v) is 5.23.